The highest BCUT2D eigenvalue weighted by Gasteiger charge is 2.41. The second kappa shape index (κ2) is 10.7. The van der Waals surface area contributed by atoms with E-state index in [1.807, 2.05) is 0 Å². The van der Waals surface area contributed by atoms with Crippen LogP contribution in [0.25, 0.3) is 5.65 Å². The minimum atomic E-state index is -4.43. The maximum absolute atomic E-state index is 14.0. The van der Waals surface area contributed by atoms with E-state index in [0.29, 0.717) is 22.5 Å². The van der Waals surface area contributed by atoms with Gasteiger partial charge in [-0.25, -0.2) is 18.3 Å². The Balaban J connectivity index is 1.47. The van der Waals surface area contributed by atoms with Gasteiger partial charge in [-0.15, -0.1) is 5.10 Å². The second-order valence-electron chi connectivity index (χ2n) is 10.6. The van der Waals surface area contributed by atoms with Crippen LogP contribution in [-0.4, -0.2) is 48.7 Å². The van der Waals surface area contributed by atoms with Crippen LogP contribution in [-0.2, 0) is 4.79 Å². The van der Waals surface area contributed by atoms with Gasteiger partial charge in [-0.3, -0.25) is 9.59 Å². The molecule has 2 amide bonds. The van der Waals surface area contributed by atoms with Crippen LogP contribution in [0.1, 0.15) is 90.6 Å². The van der Waals surface area contributed by atoms with Crippen molar-refractivity contribution in [2.75, 3.05) is 0 Å². The smallest absolute Gasteiger partial charge is 0.364 e. The molecule has 2 aliphatic rings. The number of fused-ring (bicyclic) bond motifs is 1. The van der Waals surface area contributed by atoms with Crippen LogP contribution >= 0.6 is 0 Å². The number of primary amides is 1. The summed E-state index contributed by atoms with van der Waals surface area (Å²) in [6.45, 7) is 0. The number of hydrogen-bond donors (Lipinski definition) is 2. The van der Waals surface area contributed by atoms with Crippen LogP contribution in [0.4, 0.5) is 22.0 Å². The fourth-order valence-electron chi connectivity index (χ4n) is 5.47. The number of alkyl halides is 5. The first-order chi connectivity index (χ1) is 18.9. The van der Waals surface area contributed by atoms with E-state index in [-0.39, 0.29) is 43.2 Å². The van der Waals surface area contributed by atoms with E-state index in [1.165, 1.54) is 16.9 Å². The minimum absolute atomic E-state index is 0.0640. The lowest BCUT2D eigenvalue weighted by Crippen LogP contribution is -2.30. The largest absolute Gasteiger partial charge is 0.389 e. The SMILES string of the molecule is NC(=O)c1nnccc1[C@@H](c1cn2ncc([C@H](NC(=O)CCC(F)(F)F)C3CC3)cc2n1)C1CCC(F)(F)CC1. The highest BCUT2D eigenvalue weighted by molar-refractivity contribution is 5.92. The molecule has 0 saturated heterocycles. The molecule has 0 spiro atoms. The number of hydrogen-bond acceptors (Lipinski definition) is 6. The molecule has 0 radical (unpaired) electrons. The van der Waals surface area contributed by atoms with Crippen LogP contribution < -0.4 is 11.1 Å². The molecule has 2 fully saturated rings. The summed E-state index contributed by atoms with van der Waals surface area (Å²) >= 11 is 0. The summed E-state index contributed by atoms with van der Waals surface area (Å²) in [5.74, 6) is -5.05. The summed E-state index contributed by atoms with van der Waals surface area (Å²) in [7, 11) is 0. The second-order valence-corrected chi connectivity index (χ2v) is 10.6. The summed E-state index contributed by atoms with van der Waals surface area (Å²) in [6, 6.07) is 2.78. The molecule has 2 aliphatic carbocycles. The lowest BCUT2D eigenvalue weighted by Gasteiger charge is -2.33. The molecule has 0 aromatic carbocycles. The predicted molar refractivity (Wildman–Crippen MR) is 131 cm³/mol. The van der Waals surface area contributed by atoms with E-state index >= 15 is 0 Å². The van der Waals surface area contributed by atoms with Gasteiger partial charge in [0.1, 0.15) is 0 Å². The summed E-state index contributed by atoms with van der Waals surface area (Å²) in [5.41, 5.74) is 7.41. The first kappa shape index (κ1) is 27.8. The Bertz CT molecular complexity index is 1400. The van der Waals surface area contributed by atoms with Gasteiger partial charge in [0.15, 0.2) is 11.3 Å². The van der Waals surface area contributed by atoms with Crippen molar-refractivity contribution in [3.05, 3.63) is 53.2 Å². The molecule has 0 bridgehead atoms. The molecule has 214 valence electrons. The molecular formula is C26H28F5N7O2. The summed E-state index contributed by atoms with van der Waals surface area (Å²) in [4.78, 5) is 29.2. The zero-order valence-electron chi connectivity index (χ0n) is 21.4. The Labute approximate surface area is 225 Å². The Morgan fingerprint density at radius 1 is 1.15 bits per heavy atom. The highest BCUT2D eigenvalue weighted by atomic mass is 19.4. The first-order valence-corrected chi connectivity index (χ1v) is 13.1. The monoisotopic (exact) mass is 565 g/mol. The number of nitrogens with two attached hydrogens (primary N) is 1. The molecule has 3 aromatic heterocycles. The van der Waals surface area contributed by atoms with Gasteiger partial charge in [0.05, 0.1) is 30.6 Å². The van der Waals surface area contributed by atoms with Crippen LogP contribution in [0, 0.1) is 11.8 Å². The quantitative estimate of drug-likeness (QED) is 0.368. The van der Waals surface area contributed by atoms with Crippen LogP contribution in [0.5, 0.6) is 0 Å². The summed E-state index contributed by atoms with van der Waals surface area (Å²) < 4.78 is 67.2. The number of halogens is 5. The molecule has 2 saturated carbocycles. The number of amides is 2. The standard InChI is InChI=1S/C26H28F5N7O2/c27-25(28)7-3-14(4-8-25)21(17-6-10-33-37-23(17)24(32)40)18-13-38-19(35-18)11-16(12-34-38)22(15-1-2-15)36-20(39)5-9-26(29,30)31/h6,10-15,21-22H,1-5,7-9H2,(H2,32,40)(H,36,39)/t21-,22+/m0/s1. The lowest BCUT2D eigenvalue weighted by atomic mass is 9.74. The summed E-state index contributed by atoms with van der Waals surface area (Å²) in [5, 5.41) is 14.8. The number of carbonyl (C=O) groups excluding carboxylic acids is 2. The fraction of sp³-hybridized carbons (Fsp3) is 0.538. The molecule has 40 heavy (non-hydrogen) atoms. The summed E-state index contributed by atoms with van der Waals surface area (Å²) in [6.07, 6.45) is -0.303. The van der Waals surface area contributed by atoms with Gasteiger partial charge in [-0.05, 0) is 60.8 Å². The van der Waals surface area contributed by atoms with Crippen molar-refractivity contribution >= 4 is 17.5 Å². The van der Waals surface area contributed by atoms with Gasteiger partial charge in [-0.2, -0.15) is 23.4 Å². The molecule has 14 heteroatoms. The van der Waals surface area contributed by atoms with Crippen molar-refractivity contribution in [3.8, 4) is 0 Å². The third-order valence-corrected chi connectivity index (χ3v) is 7.64. The highest BCUT2D eigenvalue weighted by Crippen LogP contribution is 2.45. The molecule has 0 aliphatic heterocycles. The van der Waals surface area contributed by atoms with Crippen LogP contribution in [0.2, 0.25) is 0 Å². The molecule has 5 rings (SSSR count). The molecule has 2 atom stereocenters. The predicted octanol–water partition coefficient (Wildman–Crippen LogP) is 4.49. The molecular weight excluding hydrogens is 537 g/mol. The third kappa shape index (κ3) is 6.36. The fourth-order valence-corrected chi connectivity index (χ4v) is 5.47. The lowest BCUT2D eigenvalue weighted by molar-refractivity contribution is -0.144. The Morgan fingerprint density at radius 3 is 2.52 bits per heavy atom. The van der Waals surface area contributed by atoms with Crippen molar-refractivity contribution in [3.63, 3.8) is 0 Å². The van der Waals surface area contributed by atoms with Gasteiger partial charge in [-0.1, -0.05) is 0 Å². The average Bonchev–Trinajstić information content (AvgIpc) is 3.65. The zero-order valence-corrected chi connectivity index (χ0v) is 21.4. The normalized spacial score (nSPS) is 19.3. The van der Waals surface area contributed by atoms with E-state index < -0.39 is 48.7 Å². The van der Waals surface area contributed by atoms with Gasteiger partial charge in [0.2, 0.25) is 11.8 Å². The van der Waals surface area contributed by atoms with E-state index in [4.69, 9.17) is 10.7 Å². The van der Waals surface area contributed by atoms with Crippen molar-refractivity contribution in [1.82, 2.24) is 30.1 Å². The van der Waals surface area contributed by atoms with Crippen LogP contribution in [0.15, 0.2) is 30.7 Å². The number of aromatic nitrogens is 5. The first-order valence-electron chi connectivity index (χ1n) is 13.1. The number of carbonyl (C=O) groups is 2. The van der Waals surface area contributed by atoms with E-state index in [9.17, 15) is 31.5 Å². The maximum atomic E-state index is 14.0. The third-order valence-electron chi connectivity index (χ3n) is 7.64. The van der Waals surface area contributed by atoms with Crippen LogP contribution in [0.3, 0.4) is 0 Å². The molecule has 0 unspecified atom stereocenters. The van der Waals surface area contributed by atoms with E-state index in [0.717, 1.165) is 12.8 Å². The Hall–Kier alpha value is -3.71. The average molecular weight is 566 g/mol. The van der Waals surface area contributed by atoms with Gasteiger partial charge in [0, 0.05) is 31.4 Å². The van der Waals surface area contributed by atoms with Gasteiger partial charge >= 0.3 is 6.18 Å². The molecule has 3 heterocycles. The Kier molecular flexibility index (Phi) is 7.44. The number of nitrogens with one attached hydrogen (secondary N) is 1. The zero-order chi connectivity index (χ0) is 28.7. The maximum Gasteiger partial charge on any atom is 0.389 e. The Morgan fingerprint density at radius 2 is 1.88 bits per heavy atom. The van der Waals surface area contributed by atoms with E-state index in [2.05, 4.69) is 20.6 Å². The number of rotatable bonds is 9. The minimum Gasteiger partial charge on any atom is -0.364 e. The number of nitrogens with zero attached hydrogens (tertiary/aromatic N) is 5. The molecule has 3 aromatic rings. The number of imidazole rings is 1. The van der Waals surface area contributed by atoms with Crippen molar-refractivity contribution in [2.24, 2.45) is 17.6 Å². The van der Waals surface area contributed by atoms with E-state index in [1.54, 1.807) is 18.3 Å². The van der Waals surface area contributed by atoms with Crippen molar-refractivity contribution in [1.29, 1.82) is 0 Å². The molecule has 9 nitrogen and oxygen atoms in total. The van der Waals surface area contributed by atoms with Gasteiger partial charge < -0.3 is 11.1 Å². The topological polar surface area (TPSA) is 128 Å². The molecule has 3 N–H and O–H groups in total. The van der Waals surface area contributed by atoms with Gasteiger partial charge in [0.25, 0.3) is 5.91 Å². The van der Waals surface area contributed by atoms with Crippen molar-refractivity contribution < 1.29 is 31.5 Å². The van der Waals surface area contributed by atoms with Crippen molar-refractivity contribution in [2.45, 2.75) is 75.4 Å².